The summed E-state index contributed by atoms with van der Waals surface area (Å²) in [6.07, 6.45) is -6.84. The number of aliphatic hydroxyl groups is 5. The topological polar surface area (TPSA) is 146 Å². The largest absolute Gasteiger partial charge is 0.466 e. The van der Waals surface area contributed by atoms with E-state index >= 15 is 0 Å². The third kappa shape index (κ3) is 5.96. The summed E-state index contributed by atoms with van der Waals surface area (Å²) in [7, 11) is 0. The van der Waals surface area contributed by atoms with E-state index < -0.39 is 56.0 Å². The number of hydrogen-bond donors (Lipinski definition) is 5. The van der Waals surface area contributed by atoms with Crippen LogP contribution in [0.3, 0.4) is 0 Å². The average Bonchev–Trinajstić information content (AvgIpc) is 2.54. The highest BCUT2D eigenvalue weighted by atomic mass is 16.7. The molecular weight excluding hydrogens is 312 g/mol. The van der Waals surface area contributed by atoms with Gasteiger partial charge in [0.05, 0.1) is 32.3 Å². The summed E-state index contributed by atoms with van der Waals surface area (Å²) in [5, 5.41) is 47.5. The standard InChI is InChI=1S/C14H26O9/c1-2-3-4-21-10(17)5-8(6-15)22-14-13(20)12(19)11(18)9(7-16)23-14/h8-9,11-16,18-20H,2-7H2,1H3. The van der Waals surface area contributed by atoms with Gasteiger partial charge in [0.1, 0.15) is 24.4 Å². The molecule has 0 aliphatic carbocycles. The molecule has 0 bridgehead atoms. The molecule has 1 heterocycles. The summed E-state index contributed by atoms with van der Waals surface area (Å²) >= 11 is 0. The van der Waals surface area contributed by atoms with Gasteiger partial charge in [0, 0.05) is 0 Å². The quantitative estimate of drug-likeness (QED) is 0.235. The lowest BCUT2D eigenvalue weighted by atomic mass is 9.99. The van der Waals surface area contributed by atoms with Crippen LogP contribution in [0.1, 0.15) is 26.2 Å². The first-order chi connectivity index (χ1) is 10.9. The van der Waals surface area contributed by atoms with E-state index in [0.29, 0.717) is 0 Å². The second-order valence-corrected chi connectivity index (χ2v) is 5.42. The summed E-state index contributed by atoms with van der Waals surface area (Å²) in [5.41, 5.74) is 0. The predicted octanol–water partition coefficient (Wildman–Crippen LogP) is -2.10. The van der Waals surface area contributed by atoms with Crippen LogP contribution in [0.5, 0.6) is 0 Å². The van der Waals surface area contributed by atoms with E-state index in [2.05, 4.69) is 0 Å². The molecule has 0 aromatic heterocycles. The van der Waals surface area contributed by atoms with E-state index in [0.717, 1.165) is 12.8 Å². The lowest BCUT2D eigenvalue weighted by molar-refractivity contribution is -0.313. The summed E-state index contributed by atoms with van der Waals surface area (Å²) in [4.78, 5) is 11.6. The molecule has 1 fully saturated rings. The normalized spacial score (nSPS) is 32.5. The summed E-state index contributed by atoms with van der Waals surface area (Å²) in [6, 6.07) is 0. The molecular formula is C14H26O9. The van der Waals surface area contributed by atoms with Gasteiger partial charge in [0.25, 0.3) is 0 Å². The van der Waals surface area contributed by atoms with Crippen LogP contribution in [0.2, 0.25) is 0 Å². The average molecular weight is 338 g/mol. The smallest absolute Gasteiger partial charge is 0.308 e. The Morgan fingerprint density at radius 2 is 1.87 bits per heavy atom. The van der Waals surface area contributed by atoms with Gasteiger partial charge in [0.15, 0.2) is 6.29 Å². The molecule has 23 heavy (non-hydrogen) atoms. The zero-order valence-electron chi connectivity index (χ0n) is 13.1. The van der Waals surface area contributed by atoms with E-state index in [-0.39, 0.29) is 13.0 Å². The number of hydrogen-bond acceptors (Lipinski definition) is 9. The first-order valence-electron chi connectivity index (χ1n) is 7.67. The monoisotopic (exact) mass is 338 g/mol. The minimum Gasteiger partial charge on any atom is -0.466 e. The van der Waals surface area contributed by atoms with E-state index in [4.69, 9.17) is 19.3 Å². The fourth-order valence-corrected chi connectivity index (χ4v) is 2.10. The van der Waals surface area contributed by atoms with Gasteiger partial charge in [-0.15, -0.1) is 0 Å². The van der Waals surface area contributed by atoms with Gasteiger partial charge >= 0.3 is 5.97 Å². The number of unbranched alkanes of at least 4 members (excludes halogenated alkanes) is 1. The highest BCUT2D eigenvalue weighted by Gasteiger charge is 2.44. The molecule has 1 saturated heterocycles. The van der Waals surface area contributed by atoms with Crippen LogP contribution in [0.4, 0.5) is 0 Å². The minimum absolute atomic E-state index is 0.255. The number of rotatable bonds is 9. The maximum atomic E-state index is 11.6. The van der Waals surface area contributed by atoms with Crippen molar-refractivity contribution in [2.45, 2.75) is 63.0 Å². The molecule has 0 aromatic rings. The Morgan fingerprint density at radius 3 is 2.43 bits per heavy atom. The molecule has 9 nitrogen and oxygen atoms in total. The van der Waals surface area contributed by atoms with Crippen molar-refractivity contribution in [1.29, 1.82) is 0 Å². The van der Waals surface area contributed by atoms with Gasteiger partial charge in [-0.2, -0.15) is 0 Å². The highest BCUT2D eigenvalue weighted by molar-refractivity contribution is 5.69. The lowest BCUT2D eigenvalue weighted by Crippen LogP contribution is -2.59. The van der Waals surface area contributed by atoms with Gasteiger partial charge < -0.3 is 39.7 Å². The van der Waals surface area contributed by atoms with Gasteiger partial charge in [-0.1, -0.05) is 13.3 Å². The molecule has 0 radical (unpaired) electrons. The fraction of sp³-hybridized carbons (Fsp3) is 0.929. The molecule has 5 N–H and O–H groups in total. The third-order valence-electron chi connectivity index (χ3n) is 3.53. The maximum Gasteiger partial charge on any atom is 0.308 e. The van der Waals surface area contributed by atoms with Gasteiger partial charge in [-0.25, -0.2) is 0 Å². The van der Waals surface area contributed by atoms with Crippen LogP contribution in [-0.2, 0) is 19.0 Å². The summed E-state index contributed by atoms with van der Waals surface area (Å²) in [6.45, 7) is 1.10. The Labute approximate surface area is 134 Å². The fourth-order valence-electron chi connectivity index (χ4n) is 2.10. The first kappa shape index (κ1) is 20.2. The van der Waals surface area contributed by atoms with Crippen LogP contribution in [0.15, 0.2) is 0 Å². The number of aliphatic hydroxyl groups excluding tert-OH is 5. The predicted molar refractivity (Wildman–Crippen MR) is 76.2 cm³/mol. The molecule has 0 saturated carbocycles. The molecule has 1 rings (SSSR count). The van der Waals surface area contributed by atoms with Crippen molar-refractivity contribution >= 4 is 5.97 Å². The lowest BCUT2D eigenvalue weighted by Gasteiger charge is -2.40. The number of carbonyl (C=O) groups excluding carboxylic acids is 1. The molecule has 1 aliphatic rings. The molecule has 6 unspecified atom stereocenters. The number of carbonyl (C=O) groups is 1. The Balaban J connectivity index is 2.54. The van der Waals surface area contributed by atoms with E-state index in [9.17, 15) is 25.2 Å². The number of ether oxygens (including phenoxy) is 3. The number of esters is 1. The Hall–Kier alpha value is -0.810. The van der Waals surface area contributed by atoms with Crippen molar-refractivity contribution in [2.24, 2.45) is 0 Å². The SMILES string of the molecule is CCCCOC(=O)CC(CO)OC1OC(CO)C(O)C(O)C1O. The Bertz CT molecular complexity index is 349. The highest BCUT2D eigenvalue weighted by Crippen LogP contribution is 2.23. The molecule has 1 aliphatic heterocycles. The molecule has 0 spiro atoms. The van der Waals surface area contributed by atoms with Crippen molar-refractivity contribution in [3.63, 3.8) is 0 Å². The van der Waals surface area contributed by atoms with E-state index in [1.54, 1.807) is 0 Å². The van der Waals surface area contributed by atoms with Crippen molar-refractivity contribution in [1.82, 2.24) is 0 Å². The second-order valence-electron chi connectivity index (χ2n) is 5.42. The summed E-state index contributed by atoms with van der Waals surface area (Å²) < 4.78 is 15.4. The van der Waals surface area contributed by atoms with Gasteiger partial charge in [0.2, 0.25) is 0 Å². The summed E-state index contributed by atoms with van der Waals surface area (Å²) in [5.74, 6) is -0.568. The van der Waals surface area contributed by atoms with E-state index in [1.165, 1.54) is 0 Å². The maximum absolute atomic E-state index is 11.6. The van der Waals surface area contributed by atoms with Gasteiger partial charge in [-0.3, -0.25) is 4.79 Å². The van der Waals surface area contributed by atoms with Crippen LogP contribution in [0.25, 0.3) is 0 Å². The molecule has 0 amide bonds. The Morgan fingerprint density at radius 1 is 1.17 bits per heavy atom. The van der Waals surface area contributed by atoms with E-state index in [1.807, 2.05) is 6.92 Å². The minimum atomic E-state index is -1.59. The molecule has 6 atom stereocenters. The first-order valence-corrected chi connectivity index (χ1v) is 7.67. The molecule has 0 aromatic carbocycles. The zero-order chi connectivity index (χ0) is 17.4. The van der Waals surface area contributed by atoms with Crippen molar-refractivity contribution < 1.29 is 44.5 Å². The van der Waals surface area contributed by atoms with Crippen molar-refractivity contribution in [3.8, 4) is 0 Å². The van der Waals surface area contributed by atoms with Crippen LogP contribution in [-0.4, -0.2) is 88.1 Å². The van der Waals surface area contributed by atoms with Crippen LogP contribution >= 0.6 is 0 Å². The van der Waals surface area contributed by atoms with Gasteiger partial charge in [-0.05, 0) is 6.42 Å². The molecule has 136 valence electrons. The van der Waals surface area contributed by atoms with Crippen LogP contribution < -0.4 is 0 Å². The Kier molecular flexibility index (Phi) is 8.92. The van der Waals surface area contributed by atoms with Crippen molar-refractivity contribution in [2.75, 3.05) is 19.8 Å². The molecule has 9 heteroatoms. The third-order valence-corrected chi connectivity index (χ3v) is 3.53. The van der Waals surface area contributed by atoms with Crippen molar-refractivity contribution in [3.05, 3.63) is 0 Å². The second kappa shape index (κ2) is 10.1. The zero-order valence-corrected chi connectivity index (χ0v) is 13.1. The van der Waals surface area contributed by atoms with Crippen LogP contribution in [0, 0.1) is 0 Å².